The van der Waals surface area contributed by atoms with Crippen molar-refractivity contribution in [1.29, 1.82) is 0 Å². The van der Waals surface area contributed by atoms with Crippen LogP contribution < -0.4 is 14.8 Å². The molecule has 0 bridgehead atoms. The minimum absolute atomic E-state index is 0.0318. The number of anilines is 1. The van der Waals surface area contributed by atoms with Gasteiger partial charge in [-0.3, -0.25) is 0 Å². The molecule has 138 valence electrons. The largest absolute Gasteiger partial charge is 0.503 e. The summed E-state index contributed by atoms with van der Waals surface area (Å²) in [5.74, 6) is 0.762. The van der Waals surface area contributed by atoms with Crippen molar-refractivity contribution in [2.75, 3.05) is 18.7 Å². The summed E-state index contributed by atoms with van der Waals surface area (Å²) >= 11 is 4.75. The number of hydrogen-bond acceptors (Lipinski definition) is 8. The second-order valence-corrected chi connectivity index (χ2v) is 7.32. The maximum Gasteiger partial charge on any atom is 0.247 e. The smallest absolute Gasteiger partial charge is 0.247 e. The summed E-state index contributed by atoms with van der Waals surface area (Å²) in [6, 6.07) is 11.2. The second-order valence-electron chi connectivity index (χ2n) is 5.69. The van der Waals surface area contributed by atoms with Crippen LogP contribution in [0.3, 0.4) is 0 Å². The number of halogens is 1. The molecule has 27 heavy (non-hydrogen) atoms. The zero-order valence-corrected chi connectivity index (χ0v) is 16.8. The van der Waals surface area contributed by atoms with E-state index in [-0.39, 0.29) is 5.75 Å². The summed E-state index contributed by atoms with van der Waals surface area (Å²) in [5, 5.41) is 22.4. The molecule has 9 heteroatoms. The summed E-state index contributed by atoms with van der Waals surface area (Å²) in [5.41, 5.74) is 3.02. The molecule has 3 aromatic rings. The predicted octanol–water partition coefficient (Wildman–Crippen LogP) is 4.24. The monoisotopic (exact) mass is 446 g/mol. The SMILES string of the molecule is COc1cc(C2Nc3ccccc3-c3nnc(SC)nc3O2)cc(Br)c1O. The Bertz CT molecular complexity index is 1020. The van der Waals surface area contributed by atoms with Gasteiger partial charge in [-0.05, 0) is 40.4 Å². The molecule has 0 fully saturated rings. The average Bonchev–Trinajstić information content (AvgIpc) is 2.86. The van der Waals surface area contributed by atoms with Gasteiger partial charge in [0.2, 0.25) is 11.0 Å². The molecule has 0 saturated heterocycles. The van der Waals surface area contributed by atoms with Crippen LogP contribution in [-0.2, 0) is 0 Å². The first-order valence-corrected chi connectivity index (χ1v) is 10.00. The molecule has 2 heterocycles. The highest BCUT2D eigenvalue weighted by molar-refractivity contribution is 9.10. The normalized spacial score (nSPS) is 15.0. The lowest BCUT2D eigenvalue weighted by molar-refractivity contribution is 0.224. The lowest BCUT2D eigenvalue weighted by Gasteiger charge is -2.20. The molecule has 7 nitrogen and oxygen atoms in total. The van der Waals surface area contributed by atoms with E-state index in [1.54, 1.807) is 12.1 Å². The van der Waals surface area contributed by atoms with E-state index in [0.29, 0.717) is 27.0 Å². The van der Waals surface area contributed by atoms with E-state index in [9.17, 15) is 5.11 Å². The number of nitrogens with zero attached hydrogens (tertiary/aromatic N) is 3. The summed E-state index contributed by atoms with van der Waals surface area (Å²) in [6.07, 6.45) is 1.32. The van der Waals surface area contributed by atoms with E-state index in [4.69, 9.17) is 9.47 Å². The first-order valence-electron chi connectivity index (χ1n) is 7.98. The number of fused-ring (bicyclic) bond motifs is 3. The zero-order chi connectivity index (χ0) is 19.0. The molecule has 1 aromatic heterocycles. The van der Waals surface area contributed by atoms with Gasteiger partial charge in [0.05, 0.1) is 11.6 Å². The van der Waals surface area contributed by atoms with Crippen molar-refractivity contribution in [3.63, 3.8) is 0 Å². The van der Waals surface area contributed by atoms with Crippen LogP contribution in [-0.4, -0.2) is 33.7 Å². The second kappa shape index (κ2) is 7.24. The molecule has 0 spiro atoms. The van der Waals surface area contributed by atoms with Crippen molar-refractivity contribution >= 4 is 33.4 Å². The molecule has 2 aromatic carbocycles. The number of aromatic nitrogens is 3. The van der Waals surface area contributed by atoms with Gasteiger partial charge in [-0.1, -0.05) is 30.0 Å². The van der Waals surface area contributed by atoms with Crippen LogP contribution in [0.15, 0.2) is 46.0 Å². The van der Waals surface area contributed by atoms with Crippen molar-refractivity contribution in [1.82, 2.24) is 15.2 Å². The number of aromatic hydroxyl groups is 1. The highest BCUT2D eigenvalue weighted by Crippen LogP contribution is 2.42. The topological polar surface area (TPSA) is 89.4 Å². The molecule has 0 radical (unpaired) electrons. The van der Waals surface area contributed by atoms with E-state index in [2.05, 4.69) is 36.4 Å². The van der Waals surface area contributed by atoms with Crippen molar-refractivity contribution in [2.24, 2.45) is 0 Å². The molecule has 0 aliphatic carbocycles. The quantitative estimate of drug-likeness (QED) is 0.577. The summed E-state index contributed by atoms with van der Waals surface area (Å²) in [7, 11) is 1.50. The molecule has 1 unspecified atom stereocenters. The van der Waals surface area contributed by atoms with Crippen molar-refractivity contribution in [2.45, 2.75) is 11.4 Å². The summed E-state index contributed by atoms with van der Waals surface area (Å²) < 4.78 is 11.9. The molecule has 0 amide bonds. The Morgan fingerprint density at radius 3 is 2.85 bits per heavy atom. The van der Waals surface area contributed by atoms with E-state index >= 15 is 0 Å². The molecular formula is C18H15BrN4O3S. The number of benzene rings is 2. The van der Waals surface area contributed by atoms with Gasteiger partial charge < -0.3 is 19.9 Å². The molecule has 4 rings (SSSR count). The Hall–Kier alpha value is -2.52. The van der Waals surface area contributed by atoms with Gasteiger partial charge in [-0.15, -0.1) is 10.2 Å². The predicted molar refractivity (Wildman–Crippen MR) is 106 cm³/mol. The Morgan fingerprint density at radius 2 is 2.07 bits per heavy atom. The third-order valence-electron chi connectivity index (χ3n) is 4.09. The number of phenolic OH excluding ortho intramolecular Hbond substituents is 1. The minimum atomic E-state index is -0.565. The van der Waals surface area contributed by atoms with E-state index in [1.165, 1.54) is 18.9 Å². The van der Waals surface area contributed by atoms with Gasteiger partial charge >= 0.3 is 0 Å². The van der Waals surface area contributed by atoms with Gasteiger partial charge in [0.25, 0.3) is 0 Å². The third-order valence-corrected chi connectivity index (χ3v) is 5.23. The average molecular weight is 447 g/mol. The molecular weight excluding hydrogens is 432 g/mol. The number of ether oxygens (including phenoxy) is 2. The molecule has 1 atom stereocenters. The first kappa shape index (κ1) is 17.9. The Balaban J connectivity index is 1.86. The van der Waals surface area contributed by atoms with Crippen molar-refractivity contribution in [3.05, 3.63) is 46.4 Å². The molecule has 1 aliphatic heterocycles. The fourth-order valence-electron chi connectivity index (χ4n) is 2.79. The Labute approximate surface area is 168 Å². The lowest BCUT2D eigenvalue weighted by Crippen LogP contribution is -2.17. The number of para-hydroxylation sites is 1. The van der Waals surface area contributed by atoms with Crippen LogP contribution in [0.1, 0.15) is 11.8 Å². The van der Waals surface area contributed by atoms with E-state index in [1.807, 2.05) is 30.5 Å². The fraction of sp³-hybridized carbons (Fsp3) is 0.167. The lowest BCUT2D eigenvalue weighted by atomic mass is 10.1. The van der Waals surface area contributed by atoms with Gasteiger partial charge in [0, 0.05) is 16.8 Å². The Morgan fingerprint density at radius 1 is 1.26 bits per heavy atom. The number of methoxy groups -OCH3 is 1. The number of thioether (sulfide) groups is 1. The zero-order valence-electron chi connectivity index (χ0n) is 14.4. The summed E-state index contributed by atoms with van der Waals surface area (Å²) in [4.78, 5) is 4.48. The van der Waals surface area contributed by atoms with Crippen LogP contribution >= 0.6 is 27.7 Å². The van der Waals surface area contributed by atoms with Crippen LogP contribution in [0.25, 0.3) is 11.3 Å². The number of nitrogens with one attached hydrogen (secondary N) is 1. The van der Waals surface area contributed by atoms with E-state index < -0.39 is 6.23 Å². The highest BCUT2D eigenvalue weighted by Gasteiger charge is 2.27. The van der Waals surface area contributed by atoms with Crippen LogP contribution in [0.4, 0.5) is 5.69 Å². The van der Waals surface area contributed by atoms with Gasteiger partial charge in [-0.2, -0.15) is 4.98 Å². The van der Waals surface area contributed by atoms with Crippen molar-refractivity contribution in [3.8, 4) is 28.6 Å². The Kier molecular flexibility index (Phi) is 4.79. The van der Waals surface area contributed by atoms with Gasteiger partial charge in [-0.25, -0.2) is 0 Å². The third kappa shape index (κ3) is 3.28. The highest BCUT2D eigenvalue weighted by atomic mass is 79.9. The van der Waals surface area contributed by atoms with Gasteiger partial charge in [0.1, 0.15) is 0 Å². The minimum Gasteiger partial charge on any atom is -0.503 e. The van der Waals surface area contributed by atoms with Crippen molar-refractivity contribution < 1.29 is 14.6 Å². The number of rotatable bonds is 3. The van der Waals surface area contributed by atoms with Crippen LogP contribution in [0.5, 0.6) is 17.4 Å². The maximum atomic E-state index is 10.1. The molecule has 1 aliphatic rings. The van der Waals surface area contributed by atoms with Gasteiger partial charge in [0.15, 0.2) is 23.4 Å². The first-order chi connectivity index (χ1) is 13.1. The fourth-order valence-corrected chi connectivity index (χ4v) is 3.54. The standard InChI is InChI=1S/C18H15BrN4O3S/c1-25-13-8-9(7-11(19)15(13)24)16-20-12-6-4-3-5-10(12)14-17(26-16)21-18(27-2)23-22-14/h3-8,16,20,24H,1-2H3. The number of phenols is 1. The maximum absolute atomic E-state index is 10.1. The molecule has 2 N–H and O–H groups in total. The van der Waals surface area contributed by atoms with E-state index in [0.717, 1.165) is 16.8 Å². The molecule has 0 saturated carbocycles. The number of hydrogen-bond donors (Lipinski definition) is 2. The van der Waals surface area contributed by atoms with Crippen LogP contribution in [0.2, 0.25) is 0 Å². The summed E-state index contributed by atoms with van der Waals surface area (Å²) in [6.45, 7) is 0. The van der Waals surface area contributed by atoms with Crippen LogP contribution in [0, 0.1) is 0 Å².